The monoisotopic (exact) mass is 142 g/mol. The van der Waals surface area contributed by atoms with Crippen LogP contribution in [0.3, 0.4) is 0 Å². The lowest BCUT2D eigenvalue weighted by Crippen LogP contribution is -2.09. The standard InChI is InChI=1S/C9H18O/c1-4-7-8-9(5-2)10-6-3/h4,7,9H,5-6,8H2,1-3H3. The predicted octanol–water partition coefficient (Wildman–Crippen LogP) is 2.77. The summed E-state index contributed by atoms with van der Waals surface area (Å²) in [5.74, 6) is 0. The summed E-state index contributed by atoms with van der Waals surface area (Å²) in [5, 5.41) is 0. The van der Waals surface area contributed by atoms with Gasteiger partial charge in [0.25, 0.3) is 0 Å². The topological polar surface area (TPSA) is 9.23 Å². The third kappa shape index (κ3) is 4.57. The molecule has 0 amide bonds. The number of ether oxygens (including phenoxy) is 1. The van der Waals surface area contributed by atoms with E-state index >= 15 is 0 Å². The Labute approximate surface area is 64.1 Å². The maximum Gasteiger partial charge on any atom is 0.0606 e. The lowest BCUT2D eigenvalue weighted by atomic mass is 10.2. The van der Waals surface area contributed by atoms with Crippen molar-refractivity contribution < 1.29 is 4.74 Å². The van der Waals surface area contributed by atoms with E-state index < -0.39 is 0 Å². The van der Waals surface area contributed by atoms with Crippen LogP contribution in [0.25, 0.3) is 0 Å². The van der Waals surface area contributed by atoms with Crippen LogP contribution >= 0.6 is 0 Å². The van der Waals surface area contributed by atoms with Gasteiger partial charge in [0, 0.05) is 6.61 Å². The maximum absolute atomic E-state index is 5.44. The van der Waals surface area contributed by atoms with Crippen molar-refractivity contribution in [2.24, 2.45) is 0 Å². The smallest absolute Gasteiger partial charge is 0.0606 e. The van der Waals surface area contributed by atoms with Gasteiger partial charge >= 0.3 is 0 Å². The van der Waals surface area contributed by atoms with Gasteiger partial charge in [0.15, 0.2) is 0 Å². The van der Waals surface area contributed by atoms with Gasteiger partial charge in [0.2, 0.25) is 0 Å². The number of hydrogen-bond donors (Lipinski definition) is 0. The molecule has 1 nitrogen and oxygen atoms in total. The Balaban J connectivity index is 3.39. The minimum atomic E-state index is 0.432. The molecule has 60 valence electrons. The van der Waals surface area contributed by atoms with Crippen molar-refractivity contribution in [3.05, 3.63) is 12.2 Å². The SMILES string of the molecule is CC=CCC(CC)OCC. The Bertz CT molecular complexity index is 86.7. The molecule has 0 N–H and O–H groups in total. The highest BCUT2D eigenvalue weighted by atomic mass is 16.5. The van der Waals surface area contributed by atoms with Crippen molar-refractivity contribution in [1.82, 2.24) is 0 Å². The fraction of sp³-hybridized carbons (Fsp3) is 0.778. The van der Waals surface area contributed by atoms with Gasteiger partial charge in [-0.3, -0.25) is 0 Å². The Morgan fingerprint density at radius 2 is 2.10 bits per heavy atom. The van der Waals surface area contributed by atoms with Crippen LogP contribution in [0, 0.1) is 0 Å². The van der Waals surface area contributed by atoms with Crippen LogP contribution < -0.4 is 0 Å². The van der Waals surface area contributed by atoms with Crippen LogP contribution in [-0.2, 0) is 4.74 Å². The summed E-state index contributed by atoms with van der Waals surface area (Å²) in [6, 6.07) is 0. The summed E-state index contributed by atoms with van der Waals surface area (Å²) >= 11 is 0. The van der Waals surface area contributed by atoms with Crippen molar-refractivity contribution in [3.63, 3.8) is 0 Å². The zero-order valence-electron chi connectivity index (χ0n) is 7.26. The fourth-order valence-electron chi connectivity index (χ4n) is 0.876. The third-order valence-corrected chi connectivity index (χ3v) is 1.49. The zero-order valence-corrected chi connectivity index (χ0v) is 7.26. The molecule has 1 heteroatoms. The third-order valence-electron chi connectivity index (χ3n) is 1.49. The first kappa shape index (κ1) is 9.70. The van der Waals surface area contributed by atoms with Crippen molar-refractivity contribution in [1.29, 1.82) is 0 Å². The van der Waals surface area contributed by atoms with Gasteiger partial charge in [-0.1, -0.05) is 19.1 Å². The van der Waals surface area contributed by atoms with Gasteiger partial charge in [-0.05, 0) is 26.7 Å². The quantitative estimate of drug-likeness (QED) is 0.536. The van der Waals surface area contributed by atoms with Gasteiger partial charge in [0.1, 0.15) is 0 Å². The normalized spacial score (nSPS) is 14.3. The molecule has 10 heavy (non-hydrogen) atoms. The fourth-order valence-corrected chi connectivity index (χ4v) is 0.876. The Hall–Kier alpha value is -0.300. The van der Waals surface area contributed by atoms with Crippen molar-refractivity contribution in [2.75, 3.05) is 6.61 Å². The average molecular weight is 142 g/mol. The molecule has 0 spiro atoms. The summed E-state index contributed by atoms with van der Waals surface area (Å²) < 4.78 is 5.44. The van der Waals surface area contributed by atoms with Crippen molar-refractivity contribution >= 4 is 0 Å². The summed E-state index contributed by atoms with van der Waals surface area (Å²) in [7, 11) is 0. The number of hydrogen-bond acceptors (Lipinski definition) is 1. The van der Waals surface area contributed by atoms with Gasteiger partial charge in [-0.15, -0.1) is 0 Å². The number of allylic oxidation sites excluding steroid dienone is 1. The Morgan fingerprint density at radius 1 is 1.40 bits per heavy atom. The predicted molar refractivity (Wildman–Crippen MR) is 45.1 cm³/mol. The lowest BCUT2D eigenvalue weighted by molar-refractivity contribution is 0.0625. The van der Waals surface area contributed by atoms with E-state index in [0.717, 1.165) is 19.4 Å². The molecule has 1 unspecified atom stereocenters. The van der Waals surface area contributed by atoms with Crippen LogP contribution in [0.15, 0.2) is 12.2 Å². The molecule has 0 heterocycles. The molecule has 0 aromatic rings. The van der Waals surface area contributed by atoms with E-state index in [0.29, 0.717) is 6.10 Å². The van der Waals surface area contributed by atoms with E-state index in [-0.39, 0.29) is 0 Å². The number of rotatable bonds is 5. The molecule has 0 bridgehead atoms. The molecule has 0 radical (unpaired) electrons. The van der Waals surface area contributed by atoms with Crippen LogP contribution in [-0.4, -0.2) is 12.7 Å². The second-order valence-corrected chi connectivity index (χ2v) is 2.29. The molecule has 0 aliphatic carbocycles. The van der Waals surface area contributed by atoms with Gasteiger partial charge in [-0.2, -0.15) is 0 Å². The van der Waals surface area contributed by atoms with E-state index in [4.69, 9.17) is 4.74 Å². The first-order valence-electron chi connectivity index (χ1n) is 4.07. The molecule has 0 fully saturated rings. The van der Waals surface area contributed by atoms with E-state index in [1.165, 1.54) is 0 Å². The van der Waals surface area contributed by atoms with Gasteiger partial charge in [-0.25, -0.2) is 0 Å². The minimum Gasteiger partial charge on any atom is -0.378 e. The highest BCUT2D eigenvalue weighted by molar-refractivity contribution is 4.80. The summed E-state index contributed by atoms with van der Waals surface area (Å²) in [5.41, 5.74) is 0. The van der Waals surface area contributed by atoms with Gasteiger partial charge < -0.3 is 4.74 Å². The molecule has 0 aliphatic heterocycles. The van der Waals surface area contributed by atoms with Crippen LogP contribution in [0.2, 0.25) is 0 Å². The highest BCUT2D eigenvalue weighted by Gasteiger charge is 2.00. The molecule has 0 rings (SSSR count). The molecular weight excluding hydrogens is 124 g/mol. The zero-order chi connectivity index (χ0) is 7.82. The molecule has 0 saturated heterocycles. The molecule has 0 aromatic heterocycles. The first-order valence-corrected chi connectivity index (χ1v) is 4.07. The van der Waals surface area contributed by atoms with E-state index in [1.807, 2.05) is 13.8 Å². The van der Waals surface area contributed by atoms with Gasteiger partial charge in [0.05, 0.1) is 6.10 Å². The van der Waals surface area contributed by atoms with Crippen LogP contribution in [0.4, 0.5) is 0 Å². The molecule has 0 aromatic carbocycles. The Kier molecular flexibility index (Phi) is 6.61. The second kappa shape index (κ2) is 6.81. The van der Waals surface area contributed by atoms with Crippen LogP contribution in [0.5, 0.6) is 0 Å². The van der Waals surface area contributed by atoms with Crippen LogP contribution in [0.1, 0.15) is 33.6 Å². The average Bonchev–Trinajstić information content (AvgIpc) is 1.98. The van der Waals surface area contributed by atoms with E-state index in [9.17, 15) is 0 Å². The summed E-state index contributed by atoms with van der Waals surface area (Å²) in [6.07, 6.45) is 6.83. The van der Waals surface area contributed by atoms with Crippen molar-refractivity contribution in [3.8, 4) is 0 Å². The largest absolute Gasteiger partial charge is 0.378 e. The Morgan fingerprint density at radius 3 is 2.50 bits per heavy atom. The summed E-state index contributed by atoms with van der Waals surface area (Å²) in [4.78, 5) is 0. The lowest BCUT2D eigenvalue weighted by Gasteiger charge is -2.11. The molecular formula is C9H18O. The molecule has 0 aliphatic rings. The minimum absolute atomic E-state index is 0.432. The van der Waals surface area contributed by atoms with Crippen molar-refractivity contribution in [2.45, 2.75) is 39.7 Å². The molecule has 0 saturated carbocycles. The maximum atomic E-state index is 5.44. The second-order valence-electron chi connectivity index (χ2n) is 2.29. The molecule has 1 atom stereocenters. The highest BCUT2D eigenvalue weighted by Crippen LogP contribution is 2.03. The summed E-state index contributed by atoms with van der Waals surface area (Å²) in [6.45, 7) is 7.07. The van der Waals surface area contributed by atoms with E-state index in [2.05, 4.69) is 19.1 Å². The first-order chi connectivity index (χ1) is 4.85. The van der Waals surface area contributed by atoms with E-state index in [1.54, 1.807) is 0 Å².